The molecular formula is C14H17ClO4. The smallest absolute Gasteiger partial charge is 0.314 e. The molecule has 19 heavy (non-hydrogen) atoms. The van der Waals surface area contributed by atoms with Crippen molar-refractivity contribution in [3.63, 3.8) is 0 Å². The van der Waals surface area contributed by atoms with Crippen molar-refractivity contribution < 1.29 is 19.4 Å². The van der Waals surface area contributed by atoms with E-state index in [-0.39, 0.29) is 0 Å². The summed E-state index contributed by atoms with van der Waals surface area (Å²) in [5.74, 6) is 0.0831. The van der Waals surface area contributed by atoms with Gasteiger partial charge in [0, 0.05) is 0 Å². The lowest BCUT2D eigenvalue weighted by atomic mass is 9.78. The second-order valence-electron chi connectivity index (χ2n) is 4.75. The van der Waals surface area contributed by atoms with Gasteiger partial charge in [0.05, 0.1) is 30.2 Å². The Labute approximate surface area is 117 Å². The van der Waals surface area contributed by atoms with Crippen LogP contribution in [0.4, 0.5) is 0 Å². The first-order chi connectivity index (χ1) is 9.06. The van der Waals surface area contributed by atoms with Gasteiger partial charge in [-0.15, -0.1) is 0 Å². The number of carboxylic acids is 1. The van der Waals surface area contributed by atoms with Crippen molar-refractivity contribution >= 4 is 17.6 Å². The van der Waals surface area contributed by atoms with Crippen molar-refractivity contribution in [3.8, 4) is 11.5 Å². The number of halogens is 1. The van der Waals surface area contributed by atoms with Crippen LogP contribution in [0.1, 0.15) is 31.2 Å². The summed E-state index contributed by atoms with van der Waals surface area (Å²) in [6, 6.07) is 3.36. The maximum absolute atomic E-state index is 11.8. The van der Waals surface area contributed by atoms with Gasteiger partial charge in [-0.1, -0.05) is 24.4 Å². The molecule has 1 aromatic carbocycles. The second kappa shape index (κ2) is 5.29. The van der Waals surface area contributed by atoms with Crippen LogP contribution in [0, 0.1) is 0 Å². The highest BCUT2D eigenvalue weighted by Gasteiger charge is 2.47. The Morgan fingerprint density at radius 2 is 1.89 bits per heavy atom. The van der Waals surface area contributed by atoms with Gasteiger partial charge in [-0.05, 0) is 25.0 Å². The van der Waals surface area contributed by atoms with Gasteiger partial charge in [0.2, 0.25) is 0 Å². The van der Waals surface area contributed by atoms with Crippen molar-refractivity contribution in [3.05, 3.63) is 22.7 Å². The third-order valence-corrected chi connectivity index (χ3v) is 4.14. The van der Waals surface area contributed by atoms with Crippen LogP contribution in [-0.2, 0) is 10.2 Å². The molecule has 0 saturated heterocycles. The average molecular weight is 285 g/mol. The van der Waals surface area contributed by atoms with E-state index >= 15 is 0 Å². The van der Waals surface area contributed by atoms with Crippen molar-refractivity contribution in [1.29, 1.82) is 0 Å². The predicted molar refractivity (Wildman–Crippen MR) is 72.3 cm³/mol. The molecule has 1 fully saturated rings. The Bertz CT molecular complexity index is 492. The number of carbonyl (C=O) groups is 1. The molecule has 0 radical (unpaired) electrons. The van der Waals surface area contributed by atoms with Gasteiger partial charge < -0.3 is 14.6 Å². The van der Waals surface area contributed by atoms with Crippen LogP contribution in [0.15, 0.2) is 12.1 Å². The summed E-state index contributed by atoms with van der Waals surface area (Å²) < 4.78 is 10.7. The molecule has 0 unspecified atom stereocenters. The van der Waals surface area contributed by atoms with E-state index in [4.69, 9.17) is 21.1 Å². The highest BCUT2D eigenvalue weighted by Crippen LogP contribution is 2.50. The Kier molecular flexibility index (Phi) is 3.90. The molecule has 1 N–H and O–H groups in total. The number of hydrogen-bond donors (Lipinski definition) is 1. The predicted octanol–water partition coefficient (Wildman–Crippen LogP) is 3.25. The molecule has 0 spiro atoms. The van der Waals surface area contributed by atoms with Crippen molar-refractivity contribution in [2.24, 2.45) is 0 Å². The zero-order valence-corrected chi connectivity index (χ0v) is 11.8. The van der Waals surface area contributed by atoms with E-state index in [0.717, 1.165) is 12.8 Å². The Morgan fingerprint density at radius 3 is 2.37 bits per heavy atom. The lowest BCUT2D eigenvalue weighted by Crippen LogP contribution is -2.33. The molecule has 0 amide bonds. The van der Waals surface area contributed by atoms with E-state index in [1.54, 1.807) is 12.1 Å². The van der Waals surface area contributed by atoms with Crippen LogP contribution < -0.4 is 9.47 Å². The highest BCUT2D eigenvalue weighted by atomic mass is 35.5. The molecule has 1 saturated carbocycles. The van der Waals surface area contributed by atoms with Gasteiger partial charge in [0.15, 0.2) is 0 Å². The Hall–Kier alpha value is -1.42. The van der Waals surface area contributed by atoms with Crippen molar-refractivity contribution in [2.45, 2.75) is 31.1 Å². The molecule has 5 heteroatoms. The Balaban J connectivity index is 2.71. The minimum absolute atomic E-state index is 0.408. The fraction of sp³-hybridized carbons (Fsp3) is 0.500. The number of carboxylic acid groups (broad SMARTS) is 1. The van der Waals surface area contributed by atoms with E-state index in [0.29, 0.717) is 34.9 Å². The summed E-state index contributed by atoms with van der Waals surface area (Å²) in [6.07, 6.45) is 2.92. The first-order valence-electron chi connectivity index (χ1n) is 6.21. The summed E-state index contributed by atoms with van der Waals surface area (Å²) in [6.45, 7) is 0. The van der Waals surface area contributed by atoms with Crippen LogP contribution in [-0.4, -0.2) is 25.3 Å². The van der Waals surface area contributed by atoms with E-state index < -0.39 is 11.4 Å². The van der Waals surface area contributed by atoms with E-state index in [1.807, 2.05) is 0 Å². The van der Waals surface area contributed by atoms with Crippen molar-refractivity contribution in [1.82, 2.24) is 0 Å². The standard InChI is InChI=1S/C14H17ClO4/c1-18-10-6-5-9(15)12(19-2)11(10)14(13(16)17)7-3-4-8-14/h5-6H,3-4,7-8H2,1-2H3,(H,16,17). The number of benzene rings is 1. The van der Waals surface area contributed by atoms with Gasteiger partial charge in [-0.2, -0.15) is 0 Å². The first-order valence-corrected chi connectivity index (χ1v) is 6.59. The number of rotatable bonds is 4. The van der Waals surface area contributed by atoms with Gasteiger partial charge in [0.25, 0.3) is 0 Å². The summed E-state index contributed by atoms with van der Waals surface area (Å²) >= 11 is 6.13. The van der Waals surface area contributed by atoms with Gasteiger partial charge in [-0.25, -0.2) is 0 Å². The topological polar surface area (TPSA) is 55.8 Å². The fourth-order valence-corrected chi connectivity index (χ4v) is 3.15. The minimum atomic E-state index is -0.957. The summed E-state index contributed by atoms with van der Waals surface area (Å²) in [5, 5.41) is 10.1. The SMILES string of the molecule is COc1ccc(Cl)c(OC)c1C1(C(=O)O)CCCC1. The largest absolute Gasteiger partial charge is 0.496 e. The first kappa shape index (κ1) is 14.0. The molecule has 0 aliphatic heterocycles. The van der Waals surface area contributed by atoms with Crippen LogP contribution >= 0.6 is 11.6 Å². The maximum atomic E-state index is 11.8. The molecule has 4 nitrogen and oxygen atoms in total. The number of hydrogen-bond acceptors (Lipinski definition) is 3. The van der Waals surface area contributed by atoms with Crippen molar-refractivity contribution in [2.75, 3.05) is 14.2 Å². The van der Waals surface area contributed by atoms with E-state index in [9.17, 15) is 9.90 Å². The zero-order chi connectivity index (χ0) is 14.0. The monoisotopic (exact) mass is 284 g/mol. The molecular weight excluding hydrogens is 268 g/mol. The second-order valence-corrected chi connectivity index (χ2v) is 5.16. The molecule has 0 atom stereocenters. The molecule has 1 aliphatic carbocycles. The summed E-state index contributed by atoms with van der Waals surface area (Å²) in [5.41, 5.74) is -0.392. The minimum Gasteiger partial charge on any atom is -0.496 e. The van der Waals surface area contributed by atoms with Crippen LogP contribution in [0.25, 0.3) is 0 Å². The zero-order valence-electron chi connectivity index (χ0n) is 11.0. The number of aliphatic carboxylic acids is 1. The molecule has 1 aliphatic rings. The van der Waals surface area contributed by atoms with E-state index in [1.165, 1.54) is 14.2 Å². The van der Waals surface area contributed by atoms with Crippen LogP contribution in [0.3, 0.4) is 0 Å². The molecule has 1 aromatic rings. The third-order valence-electron chi connectivity index (χ3n) is 3.84. The quantitative estimate of drug-likeness (QED) is 0.922. The molecule has 0 bridgehead atoms. The van der Waals surface area contributed by atoms with Gasteiger partial charge >= 0.3 is 5.97 Å². The normalized spacial score (nSPS) is 17.2. The lowest BCUT2D eigenvalue weighted by molar-refractivity contribution is -0.143. The lowest BCUT2D eigenvalue weighted by Gasteiger charge is -2.28. The molecule has 0 heterocycles. The average Bonchev–Trinajstić information content (AvgIpc) is 2.88. The highest BCUT2D eigenvalue weighted by molar-refractivity contribution is 6.32. The number of ether oxygens (including phenoxy) is 2. The fourth-order valence-electron chi connectivity index (χ4n) is 2.91. The van der Waals surface area contributed by atoms with Gasteiger partial charge in [0.1, 0.15) is 11.5 Å². The van der Waals surface area contributed by atoms with Gasteiger partial charge in [-0.3, -0.25) is 4.79 Å². The summed E-state index contributed by atoms with van der Waals surface area (Å²) in [4.78, 5) is 11.8. The molecule has 2 rings (SSSR count). The summed E-state index contributed by atoms with van der Waals surface area (Å²) in [7, 11) is 3.02. The van der Waals surface area contributed by atoms with Crippen LogP contribution in [0.2, 0.25) is 5.02 Å². The molecule has 104 valence electrons. The molecule has 0 aromatic heterocycles. The van der Waals surface area contributed by atoms with Crippen LogP contribution in [0.5, 0.6) is 11.5 Å². The Morgan fingerprint density at radius 1 is 1.26 bits per heavy atom. The van der Waals surface area contributed by atoms with E-state index in [2.05, 4.69) is 0 Å². The third kappa shape index (κ3) is 2.14. The number of methoxy groups -OCH3 is 2. The maximum Gasteiger partial charge on any atom is 0.314 e.